The number of anilines is 1. The van der Waals surface area contributed by atoms with E-state index in [1.807, 2.05) is 17.0 Å². The lowest BCUT2D eigenvalue weighted by atomic mass is 9.88. The van der Waals surface area contributed by atoms with Gasteiger partial charge in [0.05, 0.1) is 24.0 Å². The topological polar surface area (TPSA) is 137 Å². The quantitative estimate of drug-likeness (QED) is 0.141. The van der Waals surface area contributed by atoms with E-state index in [9.17, 15) is 23.2 Å². The highest BCUT2D eigenvalue weighted by atomic mass is 32.2. The first kappa shape index (κ1) is 32.7. The zero-order chi connectivity index (χ0) is 29.8. The molecule has 1 aliphatic rings. The van der Waals surface area contributed by atoms with Crippen LogP contribution in [-0.4, -0.2) is 69.2 Å². The second-order valence-corrected chi connectivity index (χ2v) is 12.6. The van der Waals surface area contributed by atoms with Gasteiger partial charge >= 0.3 is 0 Å². The summed E-state index contributed by atoms with van der Waals surface area (Å²) in [7, 11) is -4.03. The van der Waals surface area contributed by atoms with Crippen molar-refractivity contribution < 1.29 is 28.0 Å². The van der Waals surface area contributed by atoms with E-state index in [0.717, 1.165) is 12.8 Å². The van der Waals surface area contributed by atoms with Gasteiger partial charge in [-0.25, -0.2) is 18.6 Å². The molecule has 2 atom stereocenters. The van der Waals surface area contributed by atoms with Crippen LogP contribution in [0, 0.1) is 11.8 Å². The highest BCUT2D eigenvalue weighted by Crippen LogP contribution is 2.22. The molecule has 0 saturated carbocycles. The van der Waals surface area contributed by atoms with Crippen molar-refractivity contribution in [3.8, 4) is 0 Å². The van der Waals surface area contributed by atoms with Gasteiger partial charge in [0.2, 0.25) is 15.9 Å². The summed E-state index contributed by atoms with van der Waals surface area (Å²) in [5.41, 5.74) is 3.87. The Morgan fingerprint density at radius 1 is 0.976 bits per heavy atom. The molecule has 0 aliphatic carbocycles. The van der Waals surface area contributed by atoms with Crippen molar-refractivity contribution in [3.05, 3.63) is 59.7 Å². The molecule has 1 saturated heterocycles. The third-order valence-electron chi connectivity index (χ3n) is 7.39. The van der Waals surface area contributed by atoms with E-state index in [4.69, 9.17) is 4.74 Å². The molecule has 4 N–H and O–H groups in total. The fourth-order valence-corrected chi connectivity index (χ4v) is 6.33. The fraction of sp³-hybridized carbons (Fsp3) is 0.533. The van der Waals surface area contributed by atoms with Crippen LogP contribution in [0.4, 0.5) is 5.69 Å². The number of morpholine rings is 1. The maximum absolute atomic E-state index is 13.4. The molecule has 0 spiro atoms. The number of nitrogens with one attached hydrogen (secondary N) is 3. The average Bonchev–Trinajstić information content (AvgIpc) is 2.96. The average molecular weight is 589 g/mol. The fourth-order valence-electron chi connectivity index (χ4n) is 5.08. The Labute approximate surface area is 243 Å². The third-order valence-corrected chi connectivity index (χ3v) is 8.89. The molecule has 2 aromatic carbocycles. The Bertz CT molecular complexity index is 1210. The molecule has 1 fully saturated rings. The highest BCUT2D eigenvalue weighted by molar-refractivity contribution is 7.89. The van der Waals surface area contributed by atoms with Gasteiger partial charge in [-0.15, -0.1) is 0 Å². The van der Waals surface area contributed by atoms with E-state index in [1.54, 1.807) is 31.5 Å². The zero-order valence-electron chi connectivity index (χ0n) is 24.3. The summed E-state index contributed by atoms with van der Waals surface area (Å²) in [5.74, 6) is -1.98. The summed E-state index contributed by atoms with van der Waals surface area (Å²) in [5, 5.41) is 12.1. The molecule has 0 aromatic heterocycles. The largest absolute Gasteiger partial charge is 0.379 e. The normalized spacial score (nSPS) is 15.8. The first-order valence-electron chi connectivity index (χ1n) is 14.4. The van der Waals surface area contributed by atoms with Crippen molar-refractivity contribution in [1.82, 2.24) is 15.1 Å². The van der Waals surface area contributed by atoms with E-state index >= 15 is 0 Å². The Hall–Kier alpha value is -2.83. The second-order valence-electron chi connectivity index (χ2n) is 10.9. The lowest BCUT2D eigenvalue weighted by Crippen LogP contribution is -2.54. The van der Waals surface area contributed by atoms with Crippen molar-refractivity contribution in [3.63, 3.8) is 0 Å². The number of unbranched alkanes of at least 4 members (excludes halogenated alkanes) is 3. The minimum Gasteiger partial charge on any atom is -0.379 e. The van der Waals surface area contributed by atoms with E-state index in [1.165, 1.54) is 49.1 Å². The van der Waals surface area contributed by atoms with Gasteiger partial charge in [0.1, 0.15) is 0 Å². The summed E-state index contributed by atoms with van der Waals surface area (Å²) in [6, 6.07) is 12.6. The Morgan fingerprint density at radius 2 is 1.63 bits per heavy atom. The molecular formula is C30H44N4O6S. The number of aryl methyl sites for hydroxylation is 1. The predicted octanol–water partition coefficient (Wildman–Crippen LogP) is 3.82. The van der Waals surface area contributed by atoms with E-state index in [0.29, 0.717) is 37.6 Å². The summed E-state index contributed by atoms with van der Waals surface area (Å²) in [4.78, 5) is 27.3. The first-order chi connectivity index (χ1) is 19.6. The number of hydroxylamine groups is 1. The van der Waals surface area contributed by atoms with Gasteiger partial charge in [-0.1, -0.05) is 52.2 Å². The van der Waals surface area contributed by atoms with Gasteiger partial charge in [-0.3, -0.25) is 19.7 Å². The molecule has 2 amide bonds. The standard InChI is InChI=1S/C30H44N4O6S/c1-4-5-6-7-8-23-9-11-24(12-10-23)29(35)31-25-13-15-26(16-14-25)41(38,39)33-27(21-34-17-19-40-20-18-34)28(22(2)3)30(36)32-37/h9-16,22,27-28,33,37H,4-8,17-21H2,1-3H3,(H,31,35)(H,32,36)/t27-,28?/m0/s1. The summed E-state index contributed by atoms with van der Waals surface area (Å²) in [6.45, 7) is 8.34. The summed E-state index contributed by atoms with van der Waals surface area (Å²) < 4.78 is 34.9. The predicted molar refractivity (Wildman–Crippen MR) is 158 cm³/mol. The summed E-state index contributed by atoms with van der Waals surface area (Å²) in [6.07, 6.45) is 5.74. The molecule has 11 heteroatoms. The number of amides is 2. The number of carbonyl (C=O) groups excluding carboxylic acids is 2. The van der Waals surface area contributed by atoms with Crippen LogP contribution < -0.4 is 15.5 Å². The van der Waals surface area contributed by atoms with Crippen molar-refractivity contribution in [2.75, 3.05) is 38.2 Å². The molecule has 2 aromatic rings. The van der Waals surface area contributed by atoms with Crippen LogP contribution in [0.1, 0.15) is 62.4 Å². The smallest absolute Gasteiger partial charge is 0.255 e. The Balaban J connectivity index is 1.67. The number of benzene rings is 2. The van der Waals surface area contributed by atoms with E-state index < -0.39 is 27.9 Å². The van der Waals surface area contributed by atoms with Gasteiger partial charge < -0.3 is 10.1 Å². The SMILES string of the molecule is CCCCCCc1ccc(C(=O)Nc2ccc(S(=O)(=O)N[C@@H](CN3CCOCC3)C(C(=O)NO)C(C)C)cc2)cc1. The number of hydrogen-bond donors (Lipinski definition) is 4. The molecule has 41 heavy (non-hydrogen) atoms. The molecule has 3 rings (SSSR count). The Morgan fingerprint density at radius 3 is 2.22 bits per heavy atom. The van der Waals surface area contributed by atoms with Crippen LogP contribution in [0.3, 0.4) is 0 Å². The van der Waals surface area contributed by atoms with Crippen molar-refractivity contribution >= 4 is 27.5 Å². The van der Waals surface area contributed by atoms with Crippen LogP contribution >= 0.6 is 0 Å². The van der Waals surface area contributed by atoms with Crippen LogP contribution in [0.25, 0.3) is 0 Å². The molecule has 1 aliphatic heterocycles. The van der Waals surface area contributed by atoms with E-state index in [-0.39, 0.29) is 23.3 Å². The number of sulfonamides is 1. The number of nitrogens with zero attached hydrogens (tertiary/aromatic N) is 1. The van der Waals surface area contributed by atoms with Crippen LogP contribution in [0.2, 0.25) is 0 Å². The first-order valence-corrected chi connectivity index (χ1v) is 15.9. The van der Waals surface area contributed by atoms with Crippen LogP contribution in [0.15, 0.2) is 53.4 Å². The van der Waals surface area contributed by atoms with Gasteiger partial charge in [-0.2, -0.15) is 0 Å². The molecule has 10 nitrogen and oxygen atoms in total. The number of rotatable bonds is 15. The van der Waals surface area contributed by atoms with Gasteiger partial charge in [0.25, 0.3) is 5.91 Å². The van der Waals surface area contributed by atoms with Gasteiger partial charge in [-0.05, 0) is 60.7 Å². The van der Waals surface area contributed by atoms with E-state index in [2.05, 4.69) is 17.0 Å². The molecule has 0 bridgehead atoms. The van der Waals surface area contributed by atoms with Crippen molar-refractivity contribution in [2.24, 2.45) is 11.8 Å². The second kappa shape index (κ2) is 16.0. The molecular weight excluding hydrogens is 544 g/mol. The Kier molecular flexibility index (Phi) is 12.7. The van der Waals surface area contributed by atoms with Crippen molar-refractivity contribution in [2.45, 2.75) is 63.8 Å². The number of ether oxygens (including phenoxy) is 1. The van der Waals surface area contributed by atoms with Gasteiger partial charge in [0, 0.05) is 36.9 Å². The van der Waals surface area contributed by atoms with Crippen molar-refractivity contribution in [1.29, 1.82) is 0 Å². The summed E-state index contributed by atoms with van der Waals surface area (Å²) >= 11 is 0. The molecule has 0 radical (unpaired) electrons. The maximum atomic E-state index is 13.4. The minimum absolute atomic E-state index is 0.00168. The lowest BCUT2D eigenvalue weighted by molar-refractivity contribution is -0.136. The number of hydrogen-bond acceptors (Lipinski definition) is 7. The maximum Gasteiger partial charge on any atom is 0.255 e. The third kappa shape index (κ3) is 9.89. The molecule has 1 unspecified atom stereocenters. The van der Waals surface area contributed by atoms with Crippen LogP contribution in [0.5, 0.6) is 0 Å². The monoisotopic (exact) mass is 588 g/mol. The molecule has 226 valence electrons. The van der Waals surface area contributed by atoms with Crippen LogP contribution in [-0.2, 0) is 26.0 Å². The molecule has 1 heterocycles. The minimum atomic E-state index is -4.03. The lowest BCUT2D eigenvalue weighted by Gasteiger charge is -2.35. The zero-order valence-corrected chi connectivity index (χ0v) is 25.1. The number of carbonyl (C=O) groups is 2. The highest BCUT2D eigenvalue weighted by Gasteiger charge is 2.35. The van der Waals surface area contributed by atoms with Gasteiger partial charge in [0.15, 0.2) is 0 Å².